The number of nitrogens with zero attached hydrogens (tertiary/aromatic N) is 1. The van der Waals surface area contributed by atoms with E-state index in [4.69, 9.17) is 9.47 Å². The molecule has 122 valence electrons. The number of aliphatic hydroxyl groups is 1. The van der Waals surface area contributed by atoms with Gasteiger partial charge in [0.1, 0.15) is 5.75 Å². The molecule has 0 aromatic heterocycles. The van der Waals surface area contributed by atoms with E-state index in [2.05, 4.69) is 11.8 Å². The Morgan fingerprint density at radius 3 is 2.48 bits per heavy atom. The van der Waals surface area contributed by atoms with Gasteiger partial charge in [-0.15, -0.1) is 0 Å². The summed E-state index contributed by atoms with van der Waals surface area (Å²) in [5.41, 5.74) is 1.79. The van der Waals surface area contributed by atoms with Crippen molar-refractivity contribution in [2.24, 2.45) is 0 Å². The second-order valence-electron chi connectivity index (χ2n) is 5.72. The zero-order valence-electron chi connectivity index (χ0n) is 13.6. The predicted molar refractivity (Wildman–Crippen MR) is 89.3 cm³/mol. The Balaban J connectivity index is 2.05. The Labute approximate surface area is 137 Å². The molecule has 1 heterocycles. The maximum atomic E-state index is 11.4. The van der Waals surface area contributed by atoms with E-state index in [0.29, 0.717) is 6.61 Å². The Bertz CT molecular complexity index is 629. The van der Waals surface area contributed by atoms with Crippen molar-refractivity contribution < 1.29 is 14.6 Å². The fraction of sp³-hybridized carbons (Fsp3) is 0.368. The molecule has 0 amide bonds. The van der Waals surface area contributed by atoms with Gasteiger partial charge < -0.3 is 14.6 Å². The molecule has 0 saturated carbocycles. The highest BCUT2D eigenvalue weighted by Gasteiger charge is 2.46. The second-order valence-corrected chi connectivity index (χ2v) is 5.72. The van der Waals surface area contributed by atoms with E-state index in [1.165, 1.54) is 0 Å². The first-order valence-corrected chi connectivity index (χ1v) is 7.99. The van der Waals surface area contributed by atoms with Crippen molar-refractivity contribution in [1.82, 2.24) is 4.90 Å². The lowest BCUT2D eigenvalue weighted by molar-refractivity contribution is -0.281. The lowest BCUT2D eigenvalue weighted by atomic mass is 9.89. The topological polar surface area (TPSA) is 41.9 Å². The Hall–Kier alpha value is -1.88. The maximum Gasteiger partial charge on any atom is 0.212 e. The van der Waals surface area contributed by atoms with Crippen LogP contribution in [-0.2, 0) is 10.5 Å². The number of methoxy groups -OCH3 is 1. The summed E-state index contributed by atoms with van der Waals surface area (Å²) < 4.78 is 11.1. The van der Waals surface area contributed by atoms with Crippen molar-refractivity contribution in [2.75, 3.05) is 26.8 Å². The molecule has 4 heteroatoms. The minimum Gasteiger partial charge on any atom is -0.497 e. The van der Waals surface area contributed by atoms with Crippen LogP contribution in [0.1, 0.15) is 24.1 Å². The van der Waals surface area contributed by atoms with Gasteiger partial charge in [-0.25, -0.2) is 0 Å². The highest BCUT2D eigenvalue weighted by atomic mass is 16.6. The van der Waals surface area contributed by atoms with Crippen LogP contribution < -0.4 is 4.74 Å². The van der Waals surface area contributed by atoms with Crippen LogP contribution in [0.5, 0.6) is 5.75 Å². The summed E-state index contributed by atoms with van der Waals surface area (Å²) in [4.78, 5) is 2.25. The van der Waals surface area contributed by atoms with Crippen LogP contribution in [-0.4, -0.2) is 36.8 Å². The van der Waals surface area contributed by atoms with E-state index in [-0.39, 0.29) is 6.04 Å². The van der Waals surface area contributed by atoms with Gasteiger partial charge in [0.25, 0.3) is 0 Å². The quantitative estimate of drug-likeness (QED) is 0.942. The second kappa shape index (κ2) is 6.71. The van der Waals surface area contributed by atoms with Gasteiger partial charge in [0.2, 0.25) is 5.79 Å². The number of hydrogen-bond acceptors (Lipinski definition) is 4. The van der Waals surface area contributed by atoms with Gasteiger partial charge in [0.15, 0.2) is 0 Å². The first-order chi connectivity index (χ1) is 11.2. The molecule has 2 atom stereocenters. The van der Waals surface area contributed by atoms with E-state index >= 15 is 0 Å². The van der Waals surface area contributed by atoms with E-state index in [1.807, 2.05) is 54.6 Å². The van der Waals surface area contributed by atoms with Crippen molar-refractivity contribution in [3.05, 3.63) is 65.7 Å². The molecule has 2 aromatic carbocycles. The van der Waals surface area contributed by atoms with Gasteiger partial charge in [-0.1, -0.05) is 49.4 Å². The lowest BCUT2D eigenvalue weighted by Crippen LogP contribution is -2.52. The van der Waals surface area contributed by atoms with Gasteiger partial charge in [-0.05, 0) is 24.2 Å². The number of likely N-dealkylation sites (N-methyl/N-ethyl adjacent to an activating group) is 1. The van der Waals surface area contributed by atoms with Crippen molar-refractivity contribution in [3.63, 3.8) is 0 Å². The van der Waals surface area contributed by atoms with E-state index in [1.54, 1.807) is 7.11 Å². The Kier molecular flexibility index (Phi) is 4.66. The van der Waals surface area contributed by atoms with Crippen LogP contribution in [0.4, 0.5) is 0 Å². The minimum absolute atomic E-state index is 0.255. The summed E-state index contributed by atoms with van der Waals surface area (Å²) in [5, 5.41) is 11.4. The Morgan fingerprint density at radius 2 is 1.87 bits per heavy atom. The monoisotopic (exact) mass is 313 g/mol. The molecule has 0 radical (unpaired) electrons. The standard InChI is InChI=1S/C19H23NO3/c1-3-20-13-14-23-19(21,16-7-5-4-6-8-16)18(20)15-9-11-17(22-2)12-10-15/h4-12,18,21H,3,13-14H2,1-2H3. The fourth-order valence-corrected chi connectivity index (χ4v) is 3.26. The van der Waals surface area contributed by atoms with Crippen LogP contribution in [0.15, 0.2) is 54.6 Å². The number of hydrogen-bond donors (Lipinski definition) is 1. The third-order valence-corrected chi connectivity index (χ3v) is 4.46. The van der Waals surface area contributed by atoms with Crippen molar-refractivity contribution in [3.8, 4) is 5.75 Å². The molecule has 2 unspecified atom stereocenters. The van der Waals surface area contributed by atoms with Crippen LogP contribution in [0, 0.1) is 0 Å². The van der Waals surface area contributed by atoms with Crippen LogP contribution >= 0.6 is 0 Å². The molecular weight excluding hydrogens is 290 g/mol. The highest BCUT2D eigenvalue weighted by Crippen LogP contribution is 2.43. The largest absolute Gasteiger partial charge is 0.497 e. The molecule has 1 N–H and O–H groups in total. The first-order valence-electron chi connectivity index (χ1n) is 7.99. The van der Waals surface area contributed by atoms with E-state index in [9.17, 15) is 5.11 Å². The predicted octanol–water partition coefficient (Wildman–Crippen LogP) is 2.93. The molecule has 1 aliphatic heterocycles. The number of benzene rings is 2. The molecule has 1 fully saturated rings. The number of ether oxygens (including phenoxy) is 2. The zero-order chi connectivity index (χ0) is 16.3. The molecule has 0 bridgehead atoms. The summed E-state index contributed by atoms with van der Waals surface area (Å²) in [6, 6.07) is 17.2. The van der Waals surface area contributed by atoms with E-state index < -0.39 is 5.79 Å². The molecule has 1 saturated heterocycles. The highest BCUT2D eigenvalue weighted by molar-refractivity contribution is 5.33. The smallest absolute Gasteiger partial charge is 0.212 e. The summed E-state index contributed by atoms with van der Waals surface area (Å²) in [7, 11) is 1.65. The van der Waals surface area contributed by atoms with Crippen molar-refractivity contribution in [1.29, 1.82) is 0 Å². The Morgan fingerprint density at radius 1 is 1.17 bits per heavy atom. The molecule has 1 aliphatic rings. The van der Waals surface area contributed by atoms with Gasteiger partial charge in [0.05, 0.1) is 19.8 Å². The average molecular weight is 313 g/mol. The molecule has 2 aromatic rings. The van der Waals surface area contributed by atoms with Crippen LogP contribution in [0.3, 0.4) is 0 Å². The summed E-state index contributed by atoms with van der Waals surface area (Å²) in [6.45, 7) is 4.25. The van der Waals surface area contributed by atoms with Crippen molar-refractivity contribution >= 4 is 0 Å². The van der Waals surface area contributed by atoms with Gasteiger partial charge in [-0.2, -0.15) is 0 Å². The number of rotatable bonds is 4. The molecule has 3 rings (SSSR count). The normalized spacial score (nSPS) is 25.3. The lowest BCUT2D eigenvalue weighted by Gasteiger charge is -2.46. The number of morpholine rings is 1. The maximum absolute atomic E-state index is 11.4. The van der Waals surface area contributed by atoms with Crippen LogP contribution in [0.2, 0.25) is 0 Å². The van der Waals surface area contributed by atoms with Crippen molar-refractivity contribution in [2.45, 2.75) is 18.8 Å². The van der Waals surface area contributed by atoms with Gasteiger partial charge in [-0.3, -0.25) is 4.90 Å². The van der Waals surface area contributed by atoms with Crippen LogP contribution in [0.25, 0.3) is 0 Å². The molecule has 0 aliphatic carbocycles. The molecule has 4 nitrogen and oxygen atoms in total. The zero-order valence-corrected chi connectivity index (χ0v) is 13.6. The fourth-order valence-electron chi connectivity index (χ4n) is 3.26. The molecule has 23 heavy (non-hydrogen) atoms. The van der Waals surface area contributed by atoms with Gasteiger partial charge in [0, 0.05) is 12.1 Å². The molecular formula is C19H23NO3. The van der Waals surface area contributed by atoms with Gasteiger partial charge >= 0.3 is 0 Å². The first kappa shape index (κ1) is 16.0. The molecule has 0 spiro atoms. The SMILES string of the molecule is CCN1CCOC(O)(c2ccccc2)C1c1ccc(OC)cc1. The van der Waals surface area contributed by atoms with E-state index in [0.717, 1.165) is 30.0 Å². The summed E-state index contributed by atoms with van der Waals surface area (Å²) in [5.74, 6) is -0.554. The minimum atomic E-state index is -1.36. The third-order valence-electron chi connectivity index (χ3n) is 4.46. The summed E-state index contributed by atoms with van der Waals surface area (Å²) >= 11 is 0. The third kappa shape index (κ3) is 2.98. The average Bonchev–Trinajstić information content (AvgIpc) is 2.62. The summed E-state index contributed by atoms with van der Waals surface area (Å²) in [6.07, 6.45) is 0.